The van der Waals surface area contributed by atoms with E-state index in [1.807, 2.05) is 30.3 Å². The third kappa shape index (κ3) is 5.04. The van der Waals surface area contributed by atoms with E-state index < -0.39 is 6.09 Å². The molecule has 24 heavy (non-hydrogen) atoms. The van der Waals surface area contributed by atoms with Crippen LogP contribution in [0.2, 0.25) is 0 Å². The van der Waals surface area contributed by atoms with Gasteiger partial charge in [-0.05, 0) is 37.9 Å². The van der Waals surface area contributed by atoms with Crippen molar-refractivity contribution in [3.63, 3.8) is 0 Å². The van der Waals surface area contributed by atoms with Gasteiger partial charge in [0.05, 0.1) is 6.04 Å². The average Bonchev–Trinajstić information content (AvgIpc) is 2.64. The number of hydrogen-bond donors (Lipinski definition) is 1. The van der Waals surface area contributed by atoms with Gasteiger partial charge in [0, 0.05) is 0 Å². The quantitative estimate of drug-likeness (QED) is 0.492. The highest BCUT2D eigenvalue weighted by atomic mass is 16.6. The zero-order chi connectivity index (χ0) is 17.4. The molecule has 2 amide bonds. The predicted octanol–water partition coefficient (Wildman–Crippen LogP) is 2.68. The van der Waals surface area contributed by atoms with E-state index in [9.17, 15) is 9.59 Å². The monoisotopic (exact) mass is 333 g/mol. The van der Waals surface area contributed by atoms with E-state index in [0.717, 1.165) is 50.8 Å². The summed E-state index contributed by atoms with van der Waals surface area (Å²) in [7, 11) is 0. The molecular weight excluding hydrogens is 306 g/mol. The van der Waals surface area contributed by atoms with Crippen LogP contribution in [0.5, 0.6) is 0 Å². The second-order valence-corrected chi connectivity index (χ2v) is 6.15. The van der Waals surface area contributed by atoms with Gasteiger partial charge < -0.3 is 4.74 Å². The number of hydrogen-bond acceptors (Lipinski definition) is 5. The molecule has 2 rings (SSSR count). The average molecular weight is 333 g/mol. The van der Waals surface area contributed by atoms with Gasteiger partial charge >= 0.3 is 6.09 Å². The van der Waals surface area contributed by atoms with Crippen LogP contribution in [0.25, 0.3) is 0 Å². The highest BCUT2D eigenvalue weighted by Crippen LogP contribution is 2.19. The van der Waals surface area contributed by atoms with Crippen molar-refractivity contribution < 1.29 is 14.3 Å². The lowest BCUT2D eigenvalue weighted by molar-refractivity contribution is -0.136. The number of piperidine rings is 1. The number of amides is 2. The molecule has 2 N–H and O–H groups in total. The highest BCUT2D eigenvalue weighted by Gasteiger charge is 2.33. The largest absolute Gasteiger partial charge is 0.443 e. The van der Waals surface area contributed by atoms with Crippen molar-refractivity contribution in [1.82, 2.24) is 9.91 Å². The standard InChI is InChI=1S/C18H27N3O3/c1-2-3-12-20-13-8-7-11-16(20)17(22)21(19)18(23)24-14-15-9-5-4-6-10-15/h4-6,9-10,16H,2-3,7-8,11-14,19H2,1H3. The number of nitrogens with zero attached hydrogens (tertiary/aromatic N) is 2. The number of ether oxygens (including phenoxy) is 1. The summed E-state index contributed by atoms with van der Waals surface area (Å²) in [5, 5.41) is 0.637. The van der Waals surface area contributed by atoms with Crippen molar-refractivity contribution in [2.75, 3.05) is 13.1 Å². The summed E-state index contributed by atoms with van der Waals surface area (Å²) in [4.78, 5) is 26.8. The fourth-order valence-electron chi connectivity index (χ4n) is 2.94. The Morgan fingerprint density at radius 1 is 1.29 bits per heavy atom. The number of carbonyl (C=O) groups excluding carboxylic acids is 2. The first-order chi connectivity index (χ1) is 11.6. The summed E-state index contributed by atoms with van der Waals surface area (Å²) in [6.45, 7) is 3.96. The van der Waals surface area contributed by atoms with E-state index in [0.29, 0.717) is 5.01 Å². The Morgan fingerprint density at radius 2 is 2.04 bits per heavy atom. The third-order valence-electron chi connectivity index (χ3n) is 4.34. The van der Waals surface area contributed by atoms with Crippen molar-refractivity contribution in [1.29, 1.82) is 0 Å². The first kappa shape index (κ1) is 18.4. The van der Waals surface area contributed by atoms with Crippen LogP contribution in [0, 0.1) is 0 Å². The van der Waals surface area contributed by atoms with E-state index in [4.69, 9.17) is 10.6 Å². The molecular formula is C18H27N3O3. The summed E-state index contributed by atoms with van der Waals surface area (Å²) in [6, 6.07) is 9.00. The molecule has 1 saturated heterocycles. The van der Waals surface area contributed by atoms with Crippen molar-refractivity contribution in [3.8, 4) is 0 Å². The lowest BCUT2D eigenvalue weighted by Gasteiger charge is -2.35. The molecule has 0 aromatic heterocycles. The fourth-order valence-corrected chi connectivity index (χ4v) is 2.94. The Labute approximate surface area is 143 Å². The maximum absolute atomic E-state index is 12.6. The van der Waals surface area contributed by atoms with Crippen LogP contribution >= 0.6 is 0 Å². The van der Waals surface area contributed by atoms with Gasteiger partial charge in [-0.3, -0.25) is 9.69 Å². The summed E-state index contributed by atoms with van der Waals surface area (Å²) >= 11 is 0. The van der Waals surface area contributed by atoms with Gasteiger partial charge in [0.2, 0.25) is 0 Å². The van der Waals surface area contributed by atoms with Crippen LogP contribution in [0.15, 0.2) is 30.3 Å². The van der Waals surface area contributed by atoms with Crippen LogP contribution < -0.4 is 5.84 Å². The van der Waals surface area contributed by atoms with Crippen LogP contribution in [0.3, 0.4) is 0 Å². The minimum Gasteiger partial charge on any atom is -0.443 e. The van der Waals surface area contributed by atoms with E-state index in [-0.39, 0.29) is 18.6 Å². The minimum absolute atomic E-state index is 0.102. The number of hydrazine groups is 1. The molecule has 1 atom stereocenters. The number of carbonyl (C=O) groups is 2. The van der Waals surface area contributed by atoms with Crippen LogP contribution in [-0.4, -0.2) is 41.0 Å². The Kier molecular flexibility index (Phi) is 7.21. The third-order valence-corrected chi connectivity index (χ3v) is 4.34. The van der Waals surface area contributed by atoms with Gasteiger partial charge in [-0.25, -0.2) is 10.6 Å². The molecule has 1 aromatic rings. The summed E-state index contributed by atoms with van der Waals surface area (Å²) in [5.41, 5.74) is 0.855. The molecule has 6 nitrogen and oxygen atoms in total. The molecule has 1 aliphatic heterocycles. The number of benzene rings is 1. The van der Waals surface area contributed by atoms with E-state index in [1.165, 1.54) is 0 Å². The van der Waals surface area contributed by atoms with Crippen molar-refractivity contribution in [2.24, 2.45) is 5.84 Å². The molecule has 1 heterocycles. The Morgan fingerprint density at radius 3 is 2.75 bits per heavy atom. The number of nitrogens with two attached hydrogens (primary N) is 1. The first-order valence-electron chi connectivity index (χ1n) is 8.67. The molecule has 1 unspecified atom stereocenters. The molecule has 1 fully saturated rings. The maximum Gasteiger partial charge on any atom is 0.431 e. The normalized spacial score (nSPS) is 18.2. The highest BCUT2D eigenvalue weighted by molar-refractivity contribution is 5.94. The SMILES string of the molecule is CCCCN1CCCCC1C(=O)N(N)C(=O)OCc1ccccc1. The number of unbranched alkanes of at least 4 members (excludes halogenated alkanes) is 1. The van der Waals surface area contributed by atoms with E-state index >= 15 is 0 Å². The zero-order valence-corrected chi connectivity index (χ0v) is 14.3. The Balaban J connectivity index is 1.90. The summed E-state index contributed by atoms with van der Waals surface area (Å²) < 4.78 is 5.14. The predicted molar refractivity (Wildman–Crippen MR) is 91.8 cm³/mol. The molecule has 0 spiro atoms. The Bertz CT molecular complexity index is 536. The maximum atomic E-state index is 12.6. The summed E-state index contributed by atoms with van der Waals surface area (Å²) in [5.74, 6) is 5.36. The van der Waals surface area contributed by atoms with Crippen LogP contribution in [0.1, 0.15) is 44.6 Å². The fraction of sp³-hybridized carbons (Fsp3) is 0.556. The molecule has 0 bridgehead atoms. The van der Waals surface area contributed by atoms with Crippen molar-refractivity contribution in [3.05, 3.63) is 35.9 Å². The van der Waals surface area contributed by atoms with Gasteiger partial charge in [0.1, 0.15) is 6.61 Å². The number of rotatable bonds is 6. The molecule has 1 aromatic carbocycles. The van der Waals surface area contributed by atoms with E-state index in [1.54, 1.807) is 0 Å². The van der Waals surface area contributed by atoms with Gasteiger partial charge in [-0.2, -0.15) is 5.01 Å². The molecule has 132 valence electrons. The van der Waals surface area contributed by atoms with Crippen molar-refractivity contribution >= 4 is 12.0 Å². The topological polar surface area (TPSA) is 75.9 Å². The van der Waals surface area contributed by atoms with Gasteiger partial charge in [0.15, 0.2) is 0 Å². The lowest BCUT2D eigenvalue weighted by Crippen LogP contribution is -2.55. The van der Waals surface area contributed by atoms with Gasteiger partial charge in [-0.15, -0.1) is 0 Å². The molecule has 0 radical (unpaired) electrons. The lowest BCUT2D eigenvalue weighted by atomic mass is 10.0. The molecule has 6 heteroatoms. The zero-order valence-electron chi connectivity index (χ0n) is 14.3. The van der Waals surface area contributed by atoms with Crippen LogP contribution in [0.4, 0.5) is 4.79 Å². The van der Waals surface area contributed by atoms with E-state index in [2.05, 4.69) is 11.8 Å². The minimum atomic E-state index is -0.801. The van der Waals surface area contributed by atoms with Crippen molar-refractivity contribution in [2.45, 2.75) is 51.7 Å². The second-order valence-electron chi connectivity index (χ2n) is 6.15. The smallest absolute Gasteiger partial charge is 0.431 e. The number of likely N-dealkylation sites (tertiary alicyclic amines) is 1. The Hall–Kier alpha value is -1.92. The second kappa shape index (κ2) is 9.39. The van der Waals surface area contributed by atoms with Gasteiger partial charge in [-0.1, -0.05) is 50.1 Å². The molecule has 0 saturated carbocycles. The first-order valence-corrected chi connectivity index (χ1v) is 8.67. The summed E-state index contributed by atoms with van der Waals surface area (Å²) in [6.07, 6.45) is 4.10. The van der Waals surface area contributed by atoms with Gasteiger partial charge in [0.25, 0.3) is 5.91 Å². The molecule has 0 aliphatic carbocycles. The molecule has 1 aliphatic rings. The van der Waals surface area contributed by atoms with Crippen LogP contribution in [-0.2, 0) is 16.1 Å². The number of imide groups is 1.